The summed E-state index contributed by atoms with van der Waals surface area (Å²) in [7, 11) is 0. The van der Waals surface area contributed by atoms with E-state index in [0.29, 0.717) is 5.69 Å². The van der Waals surface area contributed by atoms with Gasteiger partial charge in [-0.3, -0.25) is 4.98 Å². The summed E-state index contributed by atoms with van der Waals surface area (Å²) in [6, 6.07) is 10.5. The Labute approximate surface area is 98.9 Å². The zero-order chi connectivity index (χ0) is 12.3. The van der Waals surface area contributed by atoms with E-state index >= 15 is 0 Å². The number of hydrogen-bond donors (Lipinski definition) is 2. The number of pyridine rings is 1. The van der Waals surface area contributed by atoms with E-state index in [1.165, 1.54) is 0 Å². The van der Waals surface area contributed by atoms with Gasteiger partial charge in [0.2, 0.25) is 0 Å². The molecule has 0 spiro atoms. The van der Waals surface area contributed by atoms with E-state index in [-0.39, 0.29) is 5.56 Å². The zero-order valence-electron chi connectivity index (χ0n) is 9.34. The van der Waals surface area contributed by atoms with Crippen LogP contribution in [0.1, 0.15) is 16.1 Å². The molecule has 0 bridgehead atoms. The van der Waals surface area contributed by atoms with Crippen LogP contribution in [0.4, 0.5) is 11.4 Å². The molecular weight excluding hydrogens is 216 g/mol. The predicted molar refractivity (Wildman–Crippen MR) is 65.7 cm³/mol. The molecule has 1 heterocycles. The van der Waals surface area contributed by atoms with Crippen LogP contribution in [0.5, 0.6) is 0 Å². The summed E-state index contributed by atoms with van der Waals surface area (Å²) < 4.78 is 0. The quantitative estimate of drug-likeness (QED) is 0.847. The van der Waals surface area contributed by atoms with E-state index in [1.54, 1.807) is 30.5 Å². The second-order valence-electron chi connectivity index (χ2n) is 3.66. The van der Waals surface area contributed by atoms with Crippen LogP contribution in [-0.4, -0.2) is 16.1 Å². The third-order valence-electron chi connectivity index (χ3n) is 2.35. The normalized spacial score (nSPS) is 9.94. The van der Waals surface area contributed by atoms with Crippen LogP contribution >= 0.6 is 0 Å². The molecule has 4 heteroatoms. The minimum Gasteiger partial charge on any atom is -0.478 e. The lowest BCUT2D eigenvalue weighted by atomic mass is 10.1. The van der Waals surface area contributed by atoms with Crippen LogP contribution in [0.3, 0.4) is 0 Å². The molecule has 86 valence electrons. The summed E-state index contributed by atoms with van der Waals surface area (Å²) in [5.41, 5.74) is 2.49. The lowest BCUT2D eigenvalue weighted by Gasteiger charge is -2.08. The van der Waals surface area contributed by atoms with E-state index < -0.39 is 5.97 Å². The van der Waals surface area contributed by atoms with Gasteiger partial charge < -0.3 is 10.4 Å². The van der Waals surface area contributed by atoms with Crippen LogP contribution in [0.15, 0.2) is 42.6 Å². The molecule has 0 aliphatic rings. The molecule has 1 aromatic carbocycles. The van der Waals surface area contributed by atoms with Crippen molar-refractivity contribution in [2.24, 2.45) is 0 Å². The Morgan fingerprint density at radius 3 is 2.65 bits per heavy atom. The molecule has 0 unspecified atom stereocenters. The summed E-state index contributed by atoms with van der Waals surface area (Å²) >= 11 is 0. The van der Waals surface area contributed by atoms with Gasteiger partial charge in [-0.05, 0) is 31.2 Å². The van der Waals surface area contributed by atoms with Gasteiger partial charge in [0, 0.05) is 5.69 Å². The van der Waals surface area contributed by atoms with Gasteiger partial charge in [-0.15, -0.1) is 0 Å². The lowest BCUT2D eigenvalue weighted by molar-refractivity contribution is 0.0698. The molecular formula is C13H12N2O2. The first kappa shape index (κ1) is 11.1. The highest BCUT2D eigenvalue weighted by Gasteiger charge is 2.08. The molecule has 0 radical (unpaired) electrons. The number of para-hydroxylation sites is 1. The number of aromatic nitrogens is 1. The summed E-state index contributed by atoms with van der Waals surface area (Å²) in [5, 5.41) is 12.1. The first-order valence-electron chi connectivity index (χ1n) is 5.19. The fraction of sp³-hybridized carbons (Fsp3) is 0.0769. The maximum Gasteiger partial charge on any atom is 0.337 e. The second-order valence-corrected chi connectivity index (χ2v) is 3.66. The molecule has 0 aliphatic heterocycles. The zero-order valence-corrected chi connectivity index (χ0v) is 9.34. The van der Waals surface area contributed by atoms with E-state index in [0.717, 1.165) is 11.4 Å². The van der Waals surface area contributed by atoms with Gasteiger partial charge in [-0.1, -0.05) is 12.1 Å². The van der Waals surface area contributed by atoms with Crippen molar-refractivity contribution in [3.63, 3.8) is 0 Å². The van der Waals surface area contributed by atoms with Crippen molar-refractivity contribution in [2.75, 3.05) is 5.32 Å². The van der Waals surface area contributed by atoms with Crippen LogP contribution in [0.25, 0.3) is 0 Å². The monoisotopic (exact) mass is 228 g/mol. The minimum atomic E-state index is -0.951. The van der Waals surface area contributed by atoms with E-state index in [4.69, 9.17) is 5.11 Å². The summed E-state index contributed by atoms with van der Waals surface area (Å²) in [5.74, 6) is -0.951. The molecule has 2 aromatic rings. The van der Waals surface area contributed by atoms with Crippen LogP contribution in [-0.2, 0) is 0 Å². The average Bonchev–Trinajstić information content (AvgIpc) is 2.32. The number of aromatic carboxylic acids is 1. The van der Waals surface area contributed by atoms with E-state index in [2.05, 4.69) is 10.3 Å². The number of nitrogens with zero attached hydrogens (tertiary/aromatic N) is 1. The lowest BCUT2D eigenvalue weighted by Crippen LogP contribution is -2.02. The maximum absolute atomic E-state index is 11.0. The second kappa shape index (κ2) is 4.65. The Bertz CT molecular complexity index is 535. The topological polar surface area (TPSA) is 62.2 Å². The fourth-order valence-electron chi connectivity index (χ4n) is 1.48. The number of carboxylic acids is 1. The van der Waals surface area contributed by atoms with Crippen LogP contribution in [0.2, 0.25) is 0 Å². The summed E-state index contributed by atoms with van der Waals surface area (Å²) in [6.45, 7) is 1.90. The first-order valence-corrected chi connectivity index (χ1v) is 5.19. The van der Waals surface area contributed by atoms with Gasteiger partial charge in [0.25, 0.3) is 0 Å². The first-order chi connectivity index (χ1) is 8.16. The van der Waals surface area contributed by atoms with Crippen LogP contribution in [0, 0.1) is 6.92 Å². The number of anilines is 2. The molecule has 1 aromatic heterocycles. The molecule has 0 aliphatic carbocycles. The molecule has 17 heavy (non-hydrogen) atoms. The third kappa shape index (κ3) is 2.60. The molecule has 0 amide bonds. The molecule has 0 saturated heterocycles. The van der Waals surface area contributed by atoms with Gasteiger partial charge in [0.15, 0.2) is 0 Å². The highest BCUT2D eigenvalue weighted by atomic mass is 16.4. The van der Waals surface area contributed by atoms with Crippen molar-refractivity contribution < 1.29 is 9.90 Å². The third-order valence-corrected chi connectivity index (χ3v) is 2.35. The largest absolute Gasteiger partial charge is 0.478 e. The molecule has 2 rings (SSSR count). The highest BCUT2D eigenvalue weighted by Crippen LogP contribution is 2.20. The van der Waals surface area contributed by atoms with Crippen molar-refractivity contribution >= 4 is 17.3 Å². The highest BCUT2D eigenvalue weighted by molar-refractivity contribution is 5.95. The molecule has 2 N–H and O–H groups in total. The van der Waals surface area contributed by atoms with E-state index in [1.807, 2.05) is 19.1 Å². The Balaban J connectivity index is 2.30. The van der Waals surface area contributed by atoms with Crippen LogP contribution < -0.4 is 5.32 Å². The molecule has 0 saturated carbocycles. The Kier molecular flexibility index (Phi) is 3.05. The smallest absolute Gasteiger partial charge is 0.337 e. The molecule has 4 nitrogen and oxygen atoms in total. The van der Waals surface area contributed by atoms with Gasteiger partial charge in [0.05, 0.1) is 23.1 Å². The summed E-state index contributed by atoms with van der Waals surface area (Å²) in [4.78, 5) is 15.2. The number of aryl methyl sites for hydroxylation is 1. The molecule has 0 fully saturated rings. The standard InChI is InChI=1S/C13H12N2O2/c1-9-6-7-10(8-14-9)15-12-5-3-2-4-11(12)13(16)17/h2-8,15H,1H3,(H,16,17). The van der Waals surface area contributed by atoms with E-state index in [9.17, 15) is 4.79 Å². The predicted octanol–water partition coefficient (Wildman–Crippen LogP) is 2.83. The van der Waals surface area contributed by atoms with Gasteiger partial charge >= 0.3 is 5.97 Å². The van der Waals surface area contributed by atoms with Crippen molar-refractivity contribution in [1.29, 1.82) is 0 Å². The minimum absolute atomic E-state index is 0.244. The van der Waals surface area contributed by atoms with Gasteiger partial charge in [-0.2, -0.15) is 0 Å². The average molecular weight is 228 g/mol. The number of carboxylic acid groups (broad SMARTS) is 1. The number of nitrogens with one attached hydrogen (secondary N) is 1. The Morgan fingerprint density at radius 1 is 1.24 bits per heavy atom. The Hall–Kier alpha value is -2.36. The number of rotatable bonds is 3. The van der Waals surface area contributed by atoms with Crippen molar-refractivity contribution in [3.8, 4) is 0 Å². The maximum atomic E-state index is 11.0. The van der Waals surface area contributed by atoms with Gasteiger partial charge in [-0.25, -0.2) is 4.79 Å². The molecule has 0 atom stereocenters. The van der Waals surface area contributed by atoms with Crippen molar-refractivity contribution in [3.05, 3.63) is 53.9 Å². The van der Waals surface area contributed by atoms with Crippen molar-refractivity contribution in [2.45, 2.75) is 6.92 Å². The fourth-order valence-corrected chi connectivity index (χ4v) is 1.48. The number of hydrogen-bond acceptors (Lipinski definition) is 3. The summed E-state index contributed by atoms with van der Waals surface area (Å²) in [6.07, 6.45) is 1.67. The van der Waals surface area contributed by atoms with Gasteiger partial charge in [0.1, 0.15) is 0 Å². The SMILES string of the molecule is Cc1ccc(Nc2ccccc2C(=O)O)cn1. The van der Waals surface area contributed by atoms with Crippen molar-refractivity contribution in [1.82, 2.24) is 4.98 Å². The Morgan fingerprint density at radius 2 is 2.00 bits per heavy atom. The number of benzene rings is 1. The number of carbonyl (C=O) groups is 1.